The first-order chi connectivity index (χ1) is 10.6. The minimum absolute atomic E-state index is 0.0100. The van der Waals surface area contributed by atoms with Gasteiger partial charge in [0.25, 0.3) is 5.69 Å². The third-order valence-corrected chi connectivity index (χ3v) is 2.43. The molecule has 0 atom stereocenters. The van der Waals surface area contributed by atoms with Gasteiger partial charge >= 0.3 is 5.97 Å². The molecule has 2 rings (SSSR count). The van der Waals surface area contributed by atoms with Crippen LogP contribution in [0.25, 0.3) is 0 Å². The van der Waals surface area contributed by atoms with Gasteiger partial charge < -0.3 is 19.9 Å². The minimum Gasteiger partial charge on any atom is -0.485 e. The van der Waals surface area contributed by atoms with Gasteiger partial charge in [0.1, 0.15) is 18.8 Å². The summed E-state index contributed by atoms with van der Waals surface area (Å²) in [7, 11) is 1.17. The van der Waals surface area contributed by atoms with Crippen molar-refractivity contribution in [2.24, 2.45) is 0 Å². The summed E-state index contributed by atoms with van der Waals surface area (Å²) in [6.45, 7) is 8.44. The molecule has 2 N–H and O–H groups in total. The van der Waals surface area contributed by atoms with Gasteiger partial charge in [0, 0.05) is 6.07 Å². The SMILES string of the molecule is CC.CC.COC(=O)c1cc([N+](=O)[O-])c(N)c2c1OCCO2. The molecule has 0 fully saturated rings. The minimum atomic E-state index is -0.750. The van der Waals surface area contributed by atoms with E-state index in [1.807, 2.05) is 27.7 Å². The number of benzene rings is 1. The maximum atomic E-state index is 11.6. The Morgan fingerprint density at radius 2 is 1.73 bits per heavy atom. The van der Waals surface area contributed by atoms with E-state index in [0.717, 1.165) is 6.07 Å². The Kier molecular flexibility index (Phi) is 8.35. The number of nitro benzene ring substituents is 1. The van der Waals surface area contributed by atoms with Gasteiger partial charge in [-0.05, 0) is 0 Å². The molecule has 0 radical (unpaired) electrons. The second-order valence-corrected chi connectivity index (χ2v) is 3.46. The molecule has 1 heterocycles. The molecule has 1 aliphatic heterocycles. The molecule has 1 aliphatic rings. The largest absolute Gasteiger partial charge is 0.485 e. The van der Waals surface area contributed by atoms with Crippen molar-refractivity contribution < 1.29 is 23.9 Å². The smallest absolute Gasteiger partial charge is 0.342 e. The first-order valence-corrected chi connectivity index (χ1v) is 7.01. The second-order valence-electron chi connectivity index (χ2n) is 3.46. The monoisotopic (exact) mass is 314 g/mol. The van der Waals surface area contributed by atoms with E-state index in [2.05, 4.69) is 4.74 Å². The normalized spacial score (nSPS) is 11.1. The van der Waals surface area contributed by atoms with Crippen LogP contribution in [0.4, 0.5) is 11.4 Å². The highest BCUT2D eigenvalue weighted by molar-refractivity contribution is 5.97. The summed E-state index contributed by atoms with van der Waals surface area (Å²) in [5, 5.41) is 10.8. The topological polar surface area (TPSA) is 114 Å². The van der Waals surface area contributed by atoms with Crippen LogP contribution >= 0.6 is 0 Å². The number of carbonyl (C=O) groups is 1. The third kappa shape index (κ3) is 4.00. The Morgan fingerprint density at radius 1 is 1.23 bits per heavy atom. The van der Waals surface area contributed by atoms with E-state index in [0.29, 0.717) is 0 Å². The van der Waals surface area contributed by atoms with Gasteiger partial charge in [0.05, 0.1) is 12.0 Å². The second kappa shape index (κ2) is 9.43. The van der Waals surface area contributed by atoms with Gasteiger partial charge in [-0.1, -0.05) is 27.7 Å². The Hall–Kier alpha value is -2.51. The maximum Gasteiger partial charge on any atom is 0.342 e. The fraction of sp³-hybridized carbons (Fsp3) is 0.500. The number of anilines is 1. The zero-order chi connectivity index (χ0) is 17.3. The van der Waals surface area contributed by atoms with Crippen molar-refractivity contribution in [3.63, 3.8) is 0 Å². The highest BCUT2D eigenvalue weighted by atomic mass is 16.6. The molecule has 0 saturated carbocycles. The third-order valence-electron chi connectivity index (χ3n) is 2.43. The standard InChI is InChI=1S/C10H10N2O6.2C2H6/c1-16-10(13)5-4-6(12(14)15)7(11)9-8(5)17-2-3-18-9;2*1-2/h4H,2-3,11H2,1H3;2*1-2H3. The van der Waals surface area contributed by atoms with Gasteiger partial charge in [-0.2, -0.15) is 0 Å². The van der Waals surface area contributed by atoms with Crippen LogP contribution in [0, 0.1) is 10.1 Å². The molecular weight excluding hydrogens is 292 g/mol. The van der Waals surface area contributed by atoms with Crippen molar-refractivity contribution in [3.8, 4) is 11.5 Å². The molecular formula is C14H22N2O6. The number of nitro groups is 1. The fourth-order valence-corrected chi connectivity index (χ4v) is 1.63. The number of nitrogens with two attached hydrogens (primary N) is 1. The van der Waals surface area contributed by atoms with Crippen LogP contribution in [-0.2, 0) is 4.74 Å². The van der Waals surface area contributed by atoms with Crippen LogP contribution in [0.1, 0.15) is 38.1 Å². The number of hydrogen-bond acceptors (Lipinski definition) is 7. The molecule has 8 heteroatoms. The molecule has 1 aromatic rings. The number of rotatable bonds is 2. The lowest BCUT2D eigenvalue weighted by atomic mass is 10.1. The first kappa shape index (κ1) is 19.5. The quantitative estimate of drug-likeness (QED) is 0.386. The molecule has 0 aromatic heterocycles. The zero-order valence-corrected chi connectivity index (χ0v) is 13.5. The average Bonchev–Trinajstić information content (AvgIpc) is 2.58. The molecule has 8 nitrogen and oxygen atoms in total. The van der Waals surface area contributed by atoms with E-state index < -0.39 is 16.6 Å². The van der Waals surface area contributed by atoms with E-state index in [1.165, 1.54) is 7.11 Å². The summed E-state index contributed by atoms with van der Waals surface area (Å²) in [6.07, 6.45) is 0. The van der Waals surface area contributed by atoms with Gasteiger partial charge in [0.2, 0.25) is 0 Å². The maximum absolute atomic E-state index is 11.6. The molecule has 124 valence electrons. The van der Waals surface area contributed by atoms with Crippen molar-refractivity contribution in [2.75, 3.05) is 26.1 Å². The van der Waals surface area contributed by atoms with Gasteiger partial charge in [-0.25, -0.2) is 4.79 Å². The summed E-state index contributed by atoms with van der Waals surface area (Å²) in [5.41, 5.74) is 4.96. The number of carbonyl (C=O) groups excluding carboxylic acids is 1. The summed E-state index contributed by atoms with van der Waals surface area (Å²) >= 11 is 0. The number of nitrogens with zero attached hydrogens (tertiary/aromatic N) is 1. The average molecular weight is 314 g/mol. The van der Waals surface area contributed by atoms with Crippen LogP contribution in [-0.4, -0.2) is 31.2 Å². The van der Waals surface area contributed by atoms with E-state index in [4.69, 9.17) is 15.2 Å². The van der Waals surface area contributed by atoms with Crippen molar-refractivity contribution in [1.29, 1.82) is 0 Å². The fourth-order valence-electron chi connectivity index (χ4n) is 1.63. The molecule has 1 aromatic carbocycles. The van der Waals surface area contributed by atoms with E-state index in [1.54, 1.807) is 0 Å². The summed E-state index contributed by atoms with van der Waals surface area (Å²) < 4.78 is 15.0. The van der Waals surface area contributed by atoms with Crippen molar-refractivity contribution in [2.45, 2.75) is 27.7 Å². The van der Waals surface area contributed by atoms with Crippen LogP contribution < -0.4 is 15.2 Å². The van der Waals surface area contributed by atoms with E-state index in [9.17, 15) is 14.9 Å². The van der Waals surface area contributed by atoms with Crippen LogP contribution in [0.5, 0.6) is 11.5 Å². The lowest BCUT2D eigenvalue weighted by Gasteiger charge is -2.21. The number of nitrogen functional groups attached to an aromatic ring is 1. The predicted octanol–water partition coefficient (Wildman–Crippen LogP) is 2.79. The Morgan fingerprint density at radius 3 is 2.18 bits per heavy atom. The molecule has 0 bridgehead atoms. The molecule has 0 unspecified atom stereocenters. The number of ether oxygens (including phenoxy) is 3. The number of methoxy groups -OCH3 is 1. The molecule has 0 spiro atoms. The van der Waals surface area contributed by atoms with E-state index in [-0.39, 0.29) is 36.0 Å². The molecule has 0 aliphatic carbocycles. The lowest BCUT2D eigenvalue weighted by molar-refractivity contribution is -0.384. The Balaban J connectivity index is 0.00000102. The van der Waals surface area contributed by atoms with Crippen LogP contribution in [0.3, 0.4) is 0 Å². The van der Waals surface area contributed by atoms with Gasteiger partial charge in [0.15, 0.2) is 17.2 Å². The van der Waals surface area contributed by atoms with Crippen molar-refractivity contribution >= 4 is 17.3 Å². The first-order valence-electron chi connectivity index (χ1n) is 7.01. The lowest BCUT2D eigenvalue weighted by Crippen LogP contribution is -2.20. The highest BCUT2D eigenvalue weighted by Gasteiger charge is 2.30. The Bertz CT molecular complexity index is 531. The highest BCUT2D eigenvalue weighted by Crippen LogP contribution is 2.44. The summed E-state index contributed by atoms with van der Waals surface area (Å²) in [6, 6.07) is 1.02. The zero-order valence-electron chi connectivity index (χ0n) is 13.5. The molecule has 0 saturated heterocycles. The predicted molar refractivity (Wildman–Crippen MR) is 82.5 cm³/mol. The van der Waals surface area contributed by atoms with E-state index >= 15 is 0 Å². The number of esters is 1. The van der Waals surface area contributed by atoms with Crippen molar-refractivity contribution in [3.05, 3.63) is 21.7 Å². The molecule has 0 amide bonds. The van der Waals surface area contributed by atoms with Crippen LogP contribution in [0.2, 0.25) is 0 Å². The van der Waals surface area contributed by atoms with Gasteiger partial charge in [-0.15, -0.1) is 0 Å². The molecule has 22 heavy (non-hydrogen) atoms. The Labute approximate surface area is 129 Å². The number of fused-ring (bicyclic) bond motifs is 1. The van der Waals surface area contributed by atoms with Gasteiger partial charge in [-0.3, -0.25) is 10.1 Å². The number of hydrogen-bond donors (Lipinski definition) is 1. The van der Waals surface area contributed by atoms with Crippen molar-refractivity contribution in [1.82, 2.24) is 0 Å². The summed E-state index contributed by atoms with van der Waals surface area (Å²) in [5.74, 6) is -0.660. The summed E-state index contributed by atoms with van der Waals surface area (Å²) in [4.78, 5) is 21.7. The van der Waals surface area contributed by atoms with Crippen LogP contribution in [0.15, 0.2) is 6.07 Å².